The van der Waals surface area contributed by atoms with Gasteiger partial charge in [-0.15, -0.1) is 24.7 Å². The number of hydrogen-bond acceptors (Lipinski definition) is 7. The van der Waals surface area contributed by atoms with Gasteiger partial charge in [-0.25, -0.2) is 4.79 Å². The zero-order chi connectivity index (χ0) is 33.2. The summed E-state index contributed by atoms with van der Waals surface area (Å²) in [5.41, 5.74) is 0.772. The van der Waals surface area contributed by atoms with Crippen LogP contribution in [0.1, 0.15) is 69.8 Å². The fourth-order valence-corrected chi connectivity index (χ4v) is 5.46. The standard InChI is InChI=1S/C35H52N4O6/c1-6-8-11-21-30(40)32(41)29(24-26-17-12-9-13-18-26)37-33(42)28(16-7-2)36-34(43)31(25-27-19-14-10-15-20-27)45-35(44)39(5)23-22-38(3)4/h1-2,10,14-15,19-20,26,28-32,40-41H,8-9,11-13,16-18,21-25H2,3-5H3,(H,36,43)(H,37,42)/t28-,29-,30-,31-,32+/m0/s1. The Morgan fingerprint density at radius 3 is 2.29 bits per heavy atom. The zero-order valence-electron chi connectivity index (χ0n) is 27.1. The van der Waals surface area contributed by atoms with Crippen LogP contribution in [0.15, 0.2) is 30.3 Å². The first kappa shape index (κ1) is 37.6. The molecule has 10 nitrogen and oxygen atoms in total. The van der Waals surface area contributed by atoms with E-state index in [-0.39, 0.29) is 18.8 Å². The number of hydrogen-bond donors (Lipinski definition) is 4. The molecule has 0 saturated heterocycles. The second-order valence-corrected chi connectivity index (χ2v) is 12.3. The lowest BCUT2D eigenvalue weighted by molar-refractivity contribution is -0.135. The minimum atomic E-state index is -1.23. The number of unbranched alkanes of at least 4 members (excludes halogenated alkanes) is 1. The highest BCUT2D eigenvalue weighted by Gasteiger charge is 2.34. The Kier molecular flexibility index (Phi) is 17.1. The van der Waals surface area contributed by atoms with Gasteiger partial charge in [0.2, 0.25) is 5.91 Å². The number of carbonyl (C=O) groups excluding carboxylic acids is 3. The van der Waals surface area contributed by atoms with Crippen molar-refractivity contribution in [2.75, 3.05) is 34.2 Å². The summed E-state index contributed by atoms with van der Waals surface area (Å²) < 4.78 is 5.65. The molecule has 1 fully saturated rings. The number of nitrogens with one attached hydrogen (secondary N) is 2. The first-order valence-corrected chi connectivity index (χ1v) is 16.0. The van der Waals surface area contributed by atoms with Crippen molar-refractivity contribution in [2.45, 2.75) is 101 Å². The van der Waals surface area contributed by atoms with Crippen LogP contribution in [0.2, 0.25) is 0 Å². The van der Waals surface area contributed by atoms with Crippen molar-refractivity contribution < 1.29 is 29.3 Å². The number of nitrogens with zero attached hydrogens (tertiary/aromatic N) is 2. The Labute approximate surface area is 269 Å². The fraction of sp³-hybridized carbons (Fsp3) is 0.629. The monoisotopic (exact) mass is 624 g/mol. The minimum absolute atomic E-state index is 0.0944. The Morgan fingerprint density at radius 2 is 1.67 bits per heavy atom. The van der Waals surface area contributed by atoms with Crippen molar-refractivity contribution in [2.24, 2.45) is 5.92 Å². The van der Waals surface area contributed by atoms with Crippen molar-refractivity contribution in [3.05, 3.63) is 35.9 Å². The highest BCUT2D eigenvalue weighted by atomic mass is 16.6. The molecule has 45 heavy (non-hydrogen) atoms. The van der Waals surface area contributed by atoms with Gasteiger partial charge in [-0.05, 0) is 44.8 Å². The van der Waals surface area contributed by atoms with Crippen molar-refractivity contribution in [1.82, 2.24) is 20.4 Å². The molecular weight excluding hydrogens is 572 g/mol. The first-order valence-electron chi connectivity index (χ1n) is 16.0. The average molecular weight is 625 g/mol. The molecule has 0 aromatic heterocycles. The molecule has 0 bridgehead atoms. The number of aliphatic hydroxyl groups excluding tert-OH is 2. The van der Waals surface area contributed by atoms with Crippen LogP contribution in [0.5, 0.6) is 0 Å². The SMILES string of the molecule is C#CCCC[C@H](O)[C@H](O)[C@H](CC1CCCCC1)NC(=O)[C@H](CC#C)NC(=O)[C@H](Cc1ccccc1)OC(=O)N(C)CCN(C)C. The van der Waals surface area contributed by atoms with E-state index in [2.05, 4.69) is 22.5 Å². The second kappa shape index (κ2) is 20.5. The van der Waals surface area contributed by atoms with Crippen LogP contribution in [0, 0.1) is 30.6 Å². The molecule has 2 rings (SSSR count). The molecule has 10 heteroatoms. The molecule has 0 spiro atoms. The lowest BCUT2D eigenvalue weighted by Gasteiger charge is -2.33. The van der Waals surface area contributed by atoms with Crippen LogP contribution in [-0.4, -0.2) is 103 Å². The topological polar surface area (TPSA) is 131 Å². The van der Waals surface area contributed by atoms with Gasteiger partial charge in [-0.2, -0.15) is 0 Å². The molecule has 1 aromatic carbocycles. The molecule has 1 saturated carbocycles. The van der Waals surface area contributed by atoms with E-state index in [1.807, 2.05) is 49.3 Å². The van der Waals surface area contributed by atoms with Crippen molar-refractivity contribution in [3.8, 4) is 24.7 Å². The van der Waals surface area contributed by atoms with Crippen molar-refractivity contribution in [3.63, 3.8) is 0 Å². The van der Waals surface area contributed by atoms with E-state index < -0.39 is 48.3 Å². The lowest BCUT2D eigenvalue weighted by atomic mass is 9.82. The van der Waals surface area contributed by atoms with Crippen molar-refractivity contribution >= 4 is 17.9 Å². The number of likely N-dealkylation sites (N-methyl/N-ethyl adjacent to an activating group) is 2. The van der Waals surface area contributed by atoms with Gasteiger partial charge in [-0.1, -0.05) is 62.4 Å². The van der Waals surface area contributed by atoms with Crippen LogP contribution in [0.4, 0.5) is 4.79 Å². The highest BCUT2D eigenvalue weighted by molar-refractivity contribution is 5.90. The number of ether oxygens (including phenoxy) is 1. The highest BCUT2D eigenvalue weighted by Crippen LogP contribution is 2.29. The van der Waals surface area contributed by atoms with Gasteiger partial charge in [-0.3, -0.25) is 9.59 Å². The number of rotatable bonds is 18. The van der Waals surface area contributed by atoms with Crippen LogP contribution >= 0.6 is 0 Å². The summed E-state index contributed by atoms with van der Waals surface area (Å²) in [6, 6.07) is 7.23. The van der Waals surface area contributed by atoms with Gasteiger partial charge in [0, 0.05) is 39.4 Å². The summed E-state index contributed by atoms with van der Waals surface area (Å²) in [6.07, 6.45) is 13.8. The van der Waals surface area contributed by atoms with Crippen LogP contribution in [0.3, 0.4) is 0 Å². The summed E-state index contributed by atoms with van der Waals surface area (Å²) in [4.78, 5) is 43.4. The molecule has 248 valence electrons. The molecule has 0 unspecified atom stereocenters. The Balaban J connectivity index is 2.20. The molecule has 3 amide bonds. The first-order chi connectivity index (χ1) is 21.5. The Hall–Kier alpha value is -3.57. The van der Waals surface area contributed by atoms with Gasteiger partial charge in [0.05, 0.1) is 18.2 Å². The van der Waals surface area contributed by atoms with E-state index in [0.29, 0.717) is 38.8 Å². The summed E-state index contributed by atoms with van der Waals surface area (Å²) in [5.74, 6) is 4.02. The minimum Gasteiger partial charge on any atom is -0.436 e. The van der Waals surface area contributed by atoms with E-state index >= 15 is 0 Å². The molecule has 0 radical (unpaired) electrons. The lowest BCUT2D eigenvalue weighted by Crippen LogP contribution is -2.56. The number of aliphatic hydroxyl groups is 2. The maximum atomic E-state index is 13.6. The molecule has 1 aliphatic rings. The fourth-order valence-electron chi connectivity index (χ4n) is 5.46. The third kappa shape index (κ3) is 13.9. The summed E-state index contributed by atoms with van der Waals surface area (Å²) in [7, 11) is 5.37. The second-order valence-electron chi connectivity index (χ2n) is 12.3. The molecule has 1 aliphatic carbocycles. The molecule has 4 N–H and O–H groups in total. The summed E-state index contributed by atoms with van der Waals surface area (Å²) in [5, 5.41) is 27.4. The zero-order valence-corrected chi connectivity index (χ0v) is 27.1. The van der Waals surface area contributed by atoms with Crippen LogP contribution in [-0.2, 0) is 20.7 Å². The quantitative estimate of drug-likeness (QED) is 0.146. The largest absolute Gasteiger partial charge is 0.436 e. The summed E-state index contributed by atoms with van der Waals surface area (Å²) in [6.45, 7) is 1.00. The molecule has 0 heterocycles. The van der Waals surface area contributed by atoms with E-state index in [9.17, 15) is 24.6 Å². The van der Waals surface area contributed by atoms with Gasteiger partial charge in [0.25, 0.3) is 5.91 Å². The van der Waals surface area contributed by atoms with Gasteiger partial charge in [0.15, 0.2) is 6.10 Å². The van der Waals surface area contributed by atoms with E-state index in [1.54, 1.807) is 7.05 Å². The van der Waals surface area contributed by atoms with E-state index in [0.717, 1.165) is 37.7 Å². The van der Waals surface area contributed by atoms with E-state index in [4.69, 9.17) is 17.6 Å². The Morgan fingerprint density at radius 1 is 0.978 bits per heavy atom. The normalized spacial score (nSPS) is 16.7. The van der Waals surface area contributed by atoms with Gasteiger partial charge in [0.1, 0.15) is 6.04 Å². The molecule has 0 aliphatic heterocycles. The summed E-state index contributed by atoms with van der Waals surface area (Å²) >= 11 is 0. The maximum Gasteiger partial charge on any atom is 0.410 e. The maximum absolute atomic E-state index is 13.6. The third-order valence-electron chi connectivity index (χ3n) is 8.22. The van der Waals surface area contributed by atoms with Crippen LogP contribution in [0.25, 0.3) is 0 Å². The molecule has 1 aromatic rings. The molecular formula is C35H52N4O6. The number of carbonyl (C=O) groups is 3. The predicted molar refractivity (Wildman–Crippen MR) is 175 cm³/mol. The number of benzene rings is 1. The van der Waals surface area contributed by atoms with Gasteiger partial charge >= 0.3 is 6.09 Å². The van der Waals surface area contributed by atoms with Crippen LogP contribution < -0.4 is 10.6 Å². The number of terminal acetylenes is 2. The predicted octanol–water partition coefficient (Wildman–Crippen LogP) is 2.72. The smallest absolute Gasteiger partial charge is 0.410 e. The third-order valence-corrected chi connectivity index (χ3v) is 8.22. The molecule has 5 atom stereocenters. The van der Waals surface area contributed by atoms with Crippen molar-refractivity contribution in [1.29, 1.82) is 0 Å². The van der Waals surface area contributed by atoms with Gasteiger partial charge < -0.3 is 35.4 Å². The Bertz CT molecular complexity index is 1130. The number of amides is 3. The van der Waals surface area contributed by atoms with E-state index in [1.165, 1.54) is 4.90 Å². The average Bonchev–Trinajstić information content (AvgIpc) is 3.03.